The number of hydrogen-bond acceptors (Lipinski definition) is 3. The van der Waals surface area contributed by atoms with Gasteiger partial charge in [0.05, 0.1) is 5.69 Å². The molecule has 1 aromatic rings. The van der Waals surface area contributed by atoms with Gasteiger partial charge in [-0.05, 0) is 12.1 Å². The maximum Gasteiger partial charge on any atom is 0.430 e. The summed E-state index contributed by atoms with van der Waals surface area (Å²) in [6.07, 6.45) is -11.9. The Morgan fingerprint density at radius 2 is 1.73 bits per heavy atom. The van der Waals surface area contributed by atoms with E-state index in [4.69, 9.17) is 0 Å². The number of amides is 1. The molecule has 1 aliphatic rings. The standard InChI is InChI=1S/C16H17F6NO2S/c1-8(2)13(24)23-7-9(3)26-12-6-10(4-5-11(12)23)14(25,15(17,18)19)16(20,21)22/h4-6,8-9,25H,7H2,1-3H3. The van der Waals surface area contributed by atoms with Crippen molar-refractivity contribution in [2.24, 2.45) is 5.92 Å². The summed E-state index contributed by atoms with van der Waals surface area (Å²) < 4.78 is 78.4. The molecule has 26 heavy (non-hydrogen) atoms. The molecule has 0 saturated heterocycles. The minimum Gasteiger partial charge on any atom is -0.369 e. The van der Waals surface area contributed by atoms with Crippen molar-refractivity contribution in [3.8, 4) is 0 Å². The third-order valence-corrected chi connectivity index (χ3v) is 5.15. The maximum atomic E-state index is 13.1. The zero-order valence-electron chi connectivity index (χ0n) is 14.1. The van der Waals surface area contributed by atoms with Crippen molar-refractivity contribution >= 4 is 23.4 Å². The Labute approximate surface area is 150 Å². The van der Waals surface area contributed by atoms with Crippen LogP contribution in [0.1, 0.15) is 26.3 Å². The number of carbonyl (C=O) groups excluding carboxylic acids is 1. The van der Waals surface area contributed by atoms with Gasteiger partial charge in [-0.25, -0.2) is 0 Å². The molecule has 1 amide bonds. The predicted octanol–water partition coefficient (Wildman–Crippen LogP) is 4.48. The lowest BCUT2D eigenvalue weighted by Gasteiger charge is -2.36. The van der Waals surface area contributed by atoms with Crippen LogP contribution in [0.15, 0.2) is 23.1 Å². The molecule has 1 aromatic carbocycles. The molecule has 10 heteroatoms. The van der Waals surface area contributed by atoms with Crippen molar-refractivity contribution in [3.05, 3.63) is 23.8 Å². The van der Waals surface area contributed by atoms with Gasteiger partial charge in [-0.1, -0.05) is 26.8 Å². The van der Waals surface area contributed by atoms with Crippen molar-refractivity contribution in [2.45, 2.75) is 48.9 Å². The molecule has 1 heterocycles. The van der Waals surface area contributed by atoms with Crippen LogP contribution in [-0.2, 0) is 10.4 Å². The van der Waals surface area contributed by atoms with Crippen molar-refractivity contribution in [1.82, 2.24) is 0 Å². The van der Waals surface area contributed by atoms with E-state index in [9.17, 15) is 36.2 Å². The average molecular weight is 401 g/mol. The number of thioether (sulfide) groups is 1. The van der Waals surface area contributed by atoms with Crippen LogP contribution in [-0.4, -0.2) is 35.2 Å². The lowest BCUT2D eigenvalue weighted by molar-refractivity contribution is -0.376. The first-order valence-corrected chi connectivity index (χ1v) is 8.56. The highest BCUT2D eigenvalue weighted by molar-refractivity contribution is 8.00. The van der Waals surface area contributed by atoms with Crippen LogP contribution < -0.4 is 4.90 Å². The average Bonchev–Trinajstić information content (AvgIpc) is 2.49. The fourth-order valence-electron chi connectivity index (χ4n) is 2.67. The van der Waals surface area contributed by atoms with E-state index in [0.717, 1.165) is 17.8 Å². The monoisotopic (exact) mass is 401 g/mol. The van der Waals surface area contributed by atoms with E-state index in [2.05, 4.69) is 0 Å². The van der Waals surface area contributed by atoms with Gasteiger partial charge in [0.1, 0.15) is 0 Å². The van der Waals surface area contributed by atoms with Gasteiger partial charge in [-0.3, -0.25) is 4.79 Å². The highest BCUT2D eigenvalue weighted by atomic mass is 32.2. The second-order valence-corrected chi connectivity index (χ2v) is 7.90. The van der Waals surface area contributed by atoms with Crippen molar-refractivity contribution in [3.63, 3.8) is 0 Å². The van der Waals surface area contributed by atoms with Crippen LogP contribution in [0, 0.1) is 5.92 Å². The van der Waals surface area contributed by atoms with E-state index in [1.807, 2.05) is 0 Å². The first kappa shape index (κ1) is 20.9. The molecule has 1 unspecified atom stereocenters. The van der Waals surface area contributed by atoms with Crippen LogP contribution in [0.4, 0.5) is 32.0 Å². The Morgan fingerprint density at radius 3 is 2.19 bits per heavy atom. The number of halogens is 6. The van der Waals surface area contributed by atoms with Gasteiger partial charge in [0.15, 0.2) is 0 Å². The molecular weight excluding hydrogens is 384 g/mol. The number of benzene rings is 1. The molecule has 1 aliphatic heterocycles. The summed E-state index contributed by atoms with van der Waals surface area (Å²) in [6.45, 7) is 5.29. The SMILES string of the molecule is CC1CN(C(=O)C(C)C)c2ccc(C(O)(C(F)(F)F)C(F)(F)F)cc2S1. The summed E-state index contributed by atoms with van der Waals surface area (Å²) in [5.41, 5.74) is -6.07. The summed E-state index contributed by atoms with van der Waals surface area (Å²) in [4.78, 5) is 13.8. The van der Waals surface area contributed by atoms with Crippen LogP contribution >= 0.6 is 11.8 Å². The summed E-state index contributed by atoms with van der Waals surface area (Å²) >= 11 is 1.06. The summed E-state index contributed by atoms with van der Waals surface area (Å²) in [5, 5.41) is 9.32. The van der Waals surface area contributed by atoms with Crippen molar-refractivity contribution in [1.29, 1.82) is 0 Å². The van der Waals surface area contributed by atoms with Gasteiger partial charge >= 0.3 is 12.4 Å². The van der Waals surface area contributed by atoms with Gasteiger partial charge < -0.3 is 10.0 Å². The van der Waals surface area contributed by atoms with E-state index >= 15 is 0 Å². The zero-order chi connectivity index (χ0) is 20.1. The molecule has 146 valence electrons. The second-order valence-electron chi connectivity index (χ2n) is 6.42. The zero-order valence-corrected chi connectivity index (χ0v) is 14.9. The Morgan fingerprint density at radius 1 is 1.19 bits per heavy atom. The Balaban J connectivity index is 2.60. The highest BCUT2D eigenvalue weighted by Crippen LogP contribution is 2.51. The number of nitrogens with zero attached hydrogens (tertiary/aromatic N) is 1. The molecule has 0 aliphatic carbocycles. The van der Waals surface area contributed by atoms with Gasteiger partial charge in [-0.2, -0.15) is 26.3 Å². The maximum absolute atomic E-state index is 13.1. The van der Waals surface area contributed by atoms with Crippen LogP contribution in [0.2, 0.25) is 0 Å². The van der Waals surface area contributed by atoms with Crippen molar-refractivity contribution < 1.29 is 36.2 Å². The van der Waals surface area contributed by atoms with E-state index in [0.29, 0.717) is 12.1 Å². The number of fused-ring (bicyclic) bond motifs is 1. The molecule has 0 radical (unpaired) electrons. The third-order valence-electron chi connectivity index (χ3n) is 4.02. The fourth-order valence-corrected chi connectivity index (χ4v) is 3.83. The molecule has 0 spiro atoms. The fraction of sp³-hybridized carbons (Fsp3) is 0.562. The Hall–Kier alpha value is -1.42. The number of hydrogen-bond donors (Lipinski definition) is 1. The van der Waals surface area contributed by atoms with E-state index in [1.54, 1.807) is 20.8 Å². The van der Waals surface area contributed by atoms with Crippen molar-refractivity contribution in [2.75, 3.05) is 11.4 Å². The first-order chi connectivity index (χ1) is 11.7. The summed E-state index contributed by atoms with van der Waals surface area (Å²) in [5.74, 6) is -0.673. The number of aliphatic hydroxyl groups is 1. The lowest BCUT2D eigenvalue weighted by Crippen LogP contribution is -2.54. The van der Waals surface area contributed by atoms with Gasteiger partial charge in [-0.15, -0.1) is 11.8 Å². The number of anilines is 1. The number of carbonyl (C=O) groups is 1. The van der Waals surface area contributed by atoms with Crippen LogP contribution in [0.5, 0.6) is 0 Å². The molecule has 0 fully saturated rings. The lowest BCUT2D eigenvalue weighted by atomic mass is 9.92. The molecule has 1 N–H and O–H groups in total. The Kier molecular flexibility index (Phi) is 5.33. The van der Waals surface area contributed by atoms with Gasteiger partial charge in [0, 0.05) is 28.2 Å². The molecule has 0 aromatic heterocycles. The smallest absolute Gasteiger partial charge is 0.369 e. The number of rotatable bonds is 2. The predicted molar refractivity (Wildman–Crippen MR) is 85.0 cm³/mol. The minimum absolute atomic E-state index is 0.0853. The van der Waals surface area contributed by atoms with Crippen LogP contribution in [0.25, 0.3) is 0 Å². The second kappa shape index (κ2) is 6.63. The topological polar surface area (TPSA) is 40.5 Å². The molecule has 1 atom stereocenters. The molecule has 2 rings (SSSR count). The van der Waals surface area contributed by atoms with E-state index in [-0.39, 0.29) is 34.2 Å². The largest absolute Gasteiger partial charge is 0.430 e. The van der Waals surface area contributed by atoms with Gasteiger partial charge in [0.2, 0.25) is 5.91 Å². The third kappa shape index (κ3) is 3.40. The Bertz CT molecular complexity index is 687. The van der Waals surface area contributed by atoms with Crippen LogP contribution in [0.3, 0.4) is 0 Å². The molecule has 0 saturated carbocycles. The normalized spacial score (nSPS) is 18.9. The van der Waals surface area contributed by atoms with E-state index < -0.39 is 23.5 Å². The first-order valence-electron chi connectivity index (χ1n) is 7.68. The number of alkyl halides is 6. The van der Waals surface area contributed by atoms with E-state index in [1.165, 1.54) is 4.90 Å². The van der Waals surface area contributed by atoms with Gasteiger partial charge in [0.25, 0.3) is 5.60 Å². The summed E-state index contributed by atoms with van der Waals surface area (Å²) in [7, 11) is 0. The molecule has 3 nitrogen and oxygen atoms in total. The molecule has 0 bridgehead atoms. The summed E-state index contributed by atoms with van der Waals surface area (Å²) in [6, 6.07) is 2.25. The minimum atomic E-state index is -5.95. The molecular formula is C16H17F6NO2S. The quantitative estimate of drug-likeness (QED) is 0.743. The highest BCUT2D eigenvalue weighted by Gasteiger charge is 2.71.